The first-order valence-electron chi connectivity index (χ1n) is 3.57. The monoisotopic (exact) mass is 164 g/mol. The Morgan fingerprint density at radius 1 is 1.50 bits per heavy atom. The van der Waals surface area contributed by atoms with E-state index in [1.807, 2.05) is 6.07 Å². The summed E-state index contributed by atoms with van der Waals surface area (Å²) in [5.41, 5.74) is 0.151. The first-order valence-corrected chi connectivity index (χ1v) is 3.57. The fraction of sp³-hybridized carbons (Fsp3) is 0.333. The summed E-state index contributed by atoms with van der Waals surface area (Å²) in [5.74, 6) is -0.256. The van der Waals surface area contributed by atoms with Gasteiger partial charge in [0, 0.05) is 20.3 Å². The molecule has 0 saturated carbocycles. The van der Waals surface area contributed by atoms with Crippen molar-refractivity contribution in [2.24, 2.45) is 0 Å². The van der Waals surface area contributed by atoms with E-state index >= 15 is 0 Å². The summed E-state index contributed by atoms with van der Waals surface area (Å²) in [7, 11) is 3.53. The summed E-state index contributed by atoms with van der Waals surface area (Å²) in [5, 5.41) is 8.57. The maximum Gasteiger partial charge on any atom is 0.197 e. The van der Waals surface area contributed by atoms with E-state index in [-0.39, 0.29) is 11.4 Å². The average Bonchev–Trinajstić information content (AvgIpc) is 2.00. The smallest absolute Gasteiger partial charge is 0.197 e. The average molecular weight is 164 g/mol. The Morgan fingerprint density at radius 2 is 2.08 bits per heavy atom. The van der Waals surface area contributed by atoms with Crippen molar-refractivity contribution >= 4 is 5.78 Å². The van der Waals surface area contributed by atoms with E-state index in [4.69, 9.17) is 5.26 Å². The van der Waals surface area contributed by atoms with Crippen LogP contribution >= 0.6 is 0 Å². The molecule has 3 heteroatoms. The lowest BCUT2D eigenvalue weighted by molar-refractivity contribution is -0.111. The molecule has 0 saturated heterocycles. The maximum atomic E-state index is 11.1. The van der Waals surface area contributed by atoms with E-state index in [1.165, 1.54) is 12.3 Å². The molecule has 64 valence electrons. The highest BCUT2D eigenvalue weighted by Crippen LogP contribution is 1.97. The SMILES string of the molecule is C/C=C/C(=O)C(C#N)=CN(C)C. The van der Waals surface area contributed by atoms with Gasteiger partial charge in [0.1, 0.15) is 11.6 Å². The van der Waals surface area contributed by atoms with Crippen molar-refractivity contribution < 1.29 is 4.79 Å². The second-order valence-corrected chi connectivity index (χ2v) is 2.48. The molecule has 0 radical (unpaired) electrons. The van der Waals surface area contributed by atoms with Gasteiger partial charge < -0.3 is 4.90 Å². The summed E-state index contributed by atoms with van der Waals surface area (Å²) in [6, 6.07) is 1.84. The molecular weight excluding hydrogens is 152 g/mol. The van der Waals surface area contributed by atoms with Crippen LogP contribution in [0.25, 0.3) is 0 Å². The molecule has 0 aromatic carbocycles. The highest BCUT2D eigenvalue weighted by molar-refractivity contribution is 6.06. The van der Waals surface area contributed by atoms with E-state index in [0.29, 0.717) is 0 Å². The van der Waals surface area contributed by atoms with E-state index in [0.717, 1.165) is 0 Å². The Kier molecular flexibility index (Phi) is 4.47. The van der Waals surface area contributed by atoms with E-state index in [1.54, 1.807) is 32.0 Å². The highest BCUT2D eigenvalue weighted by Gasteiger charge is 2.03. The molecule has 0 aliphatic carbocycles. The molecule has 0 unspecified atom stereocenters. The fourth-order valence-electron chi connectivity index (χ4n) is 0.647. The van der Waals surface area contributed by atoms with Crippen LogP contribution in [0.3, 0.4) is 0 Å². The molecule has 0 fully saturated rings. The lowest BCUT2D eigenvalue weighted by Gasteiger charge is -2.03. The van der Waals surface area contributed by atoms with Crippen LogP contribution in [0.4, 0.5) is 0 Å². The Bertz CT molecular complexity index is 256. The molecule has 0 spiro atoms. The van der Waals surface area contributed by atoms with Crippen LogP contribution in [-0.4, -0.2) is 24.8 Å². The zero-order chi connectivity index (χ0) is 9.56. The van der Waals surface area contributed by atoms with Crippen molar-refractivity contribution in [3.05, 3.63) is 23.9 Å². The number of hydrogen-bond acceptors (Lipinski definition) is 3. The van der Waals surface area contributed by atoms with Gasteiger partial charge >= 0.3 is 0 Å². The first kappa shape index (κ1) is 10.4. The van der Waals surface area contributed by atoms with Gasteiger partial charge in [-0.2, -0.15) is 5.26 Å². The quantitative estimate of drug-likeness (QED) is 0.463. The van der Waals surface area contributed by atoms with Crippen LogP contribution in [0.15, 0.2) is 23.9 Å². The van der Waals surface area contributed by atoms with Crippen LogP contribution in [0.5, 0.6) is 0 Å². The Hall–Kier alpha value is -1.56. The lowest BCUT2D eigenvalue weighted by Crippen LogP contribution is -2.06. The third-order valence-electron chi connectivity index (χ3n) is 1.09. The van der Waals surface area contributed by atoms with Gasteiger partial charge in [0.05, 0.1) is 0 Å². The van der Waals surface area contributed by atoms with Gasteiger partial charge in [-0.05, 0) is 13.0 Å². The summed E-state index contributed by atoms with van der Waals surface area (Å²) < 4.78 is 0. The van der Waals surface area contributed by atoms with Gasteiger partial charge in [0.15, 0.2) is 5.78 Å². The standard InChI is InChI=1S/C9H12N2O/c1-4-5-9(12)8(6-10)7-11(2)3/h4-5,7H,1-3H3/b5-4+,8-7?. The van der Waals surface area contributed by atoms with E-state index in [9.17, 15) is 4.79 Å². The highest BCUT2D eigenvalue weighted by atomic mass is 16.1. The molecule has 0 aromatic rings. The maximum absolute atomic E-state index is 11.1. The van der Waals surface area contributed by atoms with Crippen molar-refractivity contribution in [2.75, 3.05) is 14.1 Å². The molecule has 0 aromatic heterocycles. The molecular formula is C9H12N2O. The van der Waals surface area contributed by atoms with Crippen LogP contribution < -0.4 is 0 Å². The fourth-order valence-corrected chi connectivity index (χ4v) is 0.647. The molecule has 3 nitrogen and oxygen atoms in total. The Balaban J connectivity index is 4.59. The summed E-state index contributed by atoms with van der Waals surface area (Å²) >= 11 is 0. The largest absolute Gasteiger partial charge is 0.382 e. The number of ketones is 1. The van der Waals surface area contributed by atoms with Crippen molar-refractivity contribution in [3.8, 4) is 6.07 Å². The number of rotatable bonds is 3. The molecule has 12 heavy (non-hydrogen) atoms. The van der Waals surface area contributed by atoms with Crippen LogP contribution in [0.2, 0.25) is 0 Å². The molecule has 0 amide bonds. The van der Waals surface area contributed by atoms with Crippen LogP contribution in [0.1, 0.15) is 6.92 Å². The van der Waals surface area contributed by atoms with Crippen molar-refractivity contribution in [3.63, 3.8) is 0 Å². The number of carbonyl (C=O) groups excluding carboxylic acids is 1. The number of allylic oxidation sites excluding steroid dienone is 3. The topological polar surface area (TPSA) is 44.1 Å². The molecule has 0 rings (SSSR count). The normalized spacial score (nSPS) is 11.3. The lowest BCUT2D eigenvalue weighted by atomic mass is 10.2. The Morgan fingerprint density at radius 3 is 2.42 bits per heavy atom. The van der Waals surface area contributed by atoms with Crippen molar-refractivity contribution in [1.82, 2.24) is 4.90 Å². The van der Waals surface area contributed by atoms with Gasteiger partial charge in [-0.15, -0.1) is 0 Å². The molecule has 0 aliphatic rings. The van der Waals surface area contributed by atoms with E-state index in [2.05, 4.69) is 0 Å². The third kappa shape index (κ3) is 3.57. The van der Waals surface area contributed by atoms with Crippen molar-refractivity contribution in [2.45, 2.75) is 6.92 Å². The molecule has 0 atom stereocenters. The van der Waals surface area contributed by atoms with Gasteiger partial charge in [-0.25, -0.2) is 0 Å². The summed E-state index contributed by atoms with van der Waals surface area (Å²) in [6.07, 6.45) is 4.49. The van der Waals surface area contributed by atoms with Gasteiger partial charge in [0.2, 0.25) is 0 Å². The Labute approximate surface area is 72.6 Å². The predicted octanol–water partition coefficient (Wildman–Crippen LogP) is 1.10. The summed E-state index contributed by atoms with van der Waals surface area (Å²) in [4.78, 5) is 12.8. The van der Waals surface area contributed by atoms with Gasteiger partial charge in [0.25, 0.3) is 0 Å². The zero-order valence-electron chi connectivity index (χ0n) is 7.53. The third-order valence-corrected chi connectivity index (χ3v) is 1.09. The number of hydrogen-bond donors (Lipinski definition) is 0. The number of carbonyl (C=O) groups is 1. The number of nitrogens with zero attached hydrogens (tertiary/aromatic N) is 2. The molecule has 0 aliphatic heterocycles. The van der Waals surface area contributed by atoms with Crippen molar-refractivity contribution in [1.29, 1.82) is 5.26 Å². The van der Waals surface area contributed by atoms with Gasteiger partial charge in [-0.1, -0.05) is 6.08 Å². The summed E-state index contributed by atoms with van der Waals surface area (Å²) in [6.45, 7) is 1.74. The van der Waals surface area contributed by atoms with Crippen LogP contribution in [0, 0.1) is 11.3 Å². The van der Waals surface area contributed by atoms with Gasteiger partial charge in [-0.3, -0.25) is 4.79 Å². The number of nitriles is 1. The predicted molar refractivity (Wildman–Crippen MR) is 47.2 cm³/mol. The minimum atomic E-state index is -0.256. The zero-order valence-corrected chi connectivity index (χ0v) is 7.53. The second-order valence-electron chi connectivity index (χ2n) is 2.48. The molecule has 0 heterocycles. The minimum absolute atomic E-state index is 0.151. The molecule has 0 N–H and O–H groups in total. The van der Waals surface area contributed by atoms with Crippen LogP contribution in [-0.2, 0) is 4.79 Å². The molecule has 0 bridgehead atoms. The second kappa shape index (κ2) is 5.14. The minimum Gasteiger partial charge on any atom is -0.382 e. The first-order chi connectivity index (χ1) is 5.61. The van der Waals surface area contributed by atoms with E-state index < -0.39 is 0 Å².